The standard InChI is InChI=1S/C13H20Br2O7/c1-8(14)10(17)21-6-13(3,12(19)20-5-4-16)7-22-11(18)9(2)15/h8-9,16H,4-7H2,1-3H3. The monoisotopic (exact) mass is 446 g/mol. The van der Waals surface area contributed by atoms with Crippen LogP contribution in [-0.2, 0) is 28.6 Å². The van der Waals surface area contributed by atoms with Gasteiger partial charge in [-0.05, 0) is 20.8 Å². The molecule has 0 spiro atoms. The molecule has 9 heteroatoms. The normalized spacial score (nSPS) is 16.1. The maximum Gasteiger partial charge on any atom is 0.319 e. The Morgan fingerprint density at radius 1 is 1.00 bits per heavy atom. The van der Waals surface area contributed by atoms with Gasteiger partial charge in [0.25, 0.3) is 0 Å². The molecule has 0 radical (unpaired) electrons. The first-order valence-electron chi connectivity index (χ1n) is 6.53. The summed E-state index contributed by atoms with van der Waals surface area (Å²) < 4.78 is 14.9. The number of carbonyl (C=O) groups is 3. The van der Waals surface area contributed by atoms with E-state index in [1.165, 1.54) is 6.92 Å². The molecule has 0 aliphatic heterocycles. The van der Waals surface area contributed by atoms with Crippen molar-refractivity contribution in [3.63, 3.8) is 0 Å². The molecule has 0 rings (SSSR count). The van der Waals surface area contributed by atoms with E-state index in [9.17, 15) is 14.4 Å². The summed E-state index contributed by atoms with van der Waals surface area (Å²) in [6.45, 7) is 3.46. The fourth-order valence-corrected chi connectivity index (χ4v) is 1.43. The van der Waals surface area contributed by atoms with Crippen LogP contribution in [0, 0.1) is 5.41 Å². The minimum atomic E-state index is -1.36. The van der Waals surface area contributed by atoms with Crippen molar-refractivity contribution in [2.24, 2.45) is 5.41 Å². The average Bonchev–Trinajstić information content (AvgIpc) is 2.47. The van der Waals surface area contributed by atoms with Crippen LogP contribution in [-0.4, -0.2) is 59.1 Å². The molecular formula is C13H20Br2O7. The quantitative estimate of drug-likeness (QED) is 0.322. The van der Waals surface area contributed by atoms with Crippen molar-refractivity contribution >= 4 is 49.8 Å². The fraction of sp³-hybridized carbons (Fsp3) is 0.769. The highest BCUT2D eigenvalue weighted by Gasteiger charge is 2.39. The highest BCUT2D eigenvalue weighted by atomic mass is 79.9. The fourth-order valence-electron chi connectivity index (χ4n) is 1.16. The highest BCUT2D eigenvalue weighted by Crippen LogP contribution is 2.21. The van der Waals surface area contributed by atoms with Gasteiger partial charge in [-0.3, -0.25) is 14.4 Å². The van der Waals surface area contributed by atoms with Gasteiger partial charge in [-0.25, -0.2) is 0 Å². The second-order valence-corrected chi connectivity index (χ2v) is 7.61. The molecule has 128 valence electrons. The summed E-state index contributed by atoms with van der Waals surface area (Å²) in [5.74, 6) is -1.84. The van der Waals surface area contributed by atoms with E-state index in [1.807, 2.05) is 0 Å². The van der Waals surface area contributed by atoms with Gasteiger partial charge in [-0.15, -0.1) is 0 Å². The summed E-state index contributed by atoms with van der Waals surface area (Å²) >= 11 is 6.10. The zero-order valence-electron chi connectivity index (χ0n) is 12.6. The van der Waals surface area contributed by atoms with Gasteiger partial charge in [0.2, 0.25) is 0 Å². The Hall–Kier alpha value is -0.670. The molecule has 0 aromatic heterocycles. The van der Waals surface area contributed by atoms with Crippen molar-refractivity contribution in [1.29, 1.82) is 0 Å². The van der Waals surface area contributed by atoms with Crippen molar-refractivity contribution in [3.05, 3.63) is 0 Å². The Balaban J connectivity index is 4.84. The van der Waals surface area contributed by atoms with Gasteiger partial charge in [-0.1, -0.05) is 31.9 Å². The molecule has 0 amide bonds. The molecule has 1 N–H and O–H groups in total. The molecule has 0 aromatic carbocycles. The van der Waals surface area contributed by atoms with Crippen molar-refractivity contribution in [2.45, 2.75) is 30.4 Å². The Labute approximate surface area is 145 Å². The topological polar surface area (TPSA) is 99.1 Å². The number of aliphatic hydroxyl groups excluding tert-OH is 1. The van der Waals surface area contributed by atoms with Crippen LogP contribution in [0.5, 0.6) is 0 Å². The summed E-state index contributed by atoms with van der Waals surface area (Å²) in [6.07, 6.45) is 0. The summed E-state index contributed by atoms with van der Waals surface area (Å²) in [5.41, 5.74) is -1.36. The van der Waals surface area contributed by atoms with Gasteiger partial charge in [0.05, 0.1) is 6.61 Å². The van der Waals surface area contributed by atoms with Crippen LogP contribution in [0.1, 0.15) is 20.8 Å². The Morgan fingerprint density at radius 3 is 1.73 bits per heavy atom. The van der Waals surface area contributed by atoms with E-state index in [-0.39, 0.29) is 26.4 Å². The molecule has 0 bridgehead atoms. The van der Waals surface area contributed by atoms with E-state index in [1.54, 1.807) is 13.8 Å². The number of carbonyl (C=O) groups excluding carboxylic acids is 3. The Morgan fingerprint density at radius 2 is 1.41 bits per heavy atom. The first kappa shape index (κ1) is 21.3. The number of aliphatic hydroxyl groups is 1. The van der Waals surface area contributed by atoms with Crippen molar-refractivity contribution in [1.82, 2.24) is 0 Å². The number of esters is 3. The SMILES string of the molecule is CC(Br)C(=O)OCC(C)(COC(=O)C(C)Br)C(=O)OCCO. The third kappa shape index (κ3) is 7.55. The van der Waals surface area contributed by atoms with E-state index < -0.39 is 33.0 Å². The zero-order chi connectivity index (χ0) is 17.3. The number of hydrogen-bond acceptors (Lipinski definition) is 7. The van der Waals surface area contributed by atoms with Crippen LogP contribution >= 0.6 is 31.9 Å². The van der Waals surface area contributed by atoms with Crippen LogP contribution in [0.3, 0.4) is 0 Å². The van der Waals surface area contributed by atoms with E-state index in [0.717, 1.165) is 0 Å². The lowest BCUT2D eigenvalue weighted by atomic mass is 9.93. The summed E-state index contributed by atoms with van der Waals surface area (Å²) in [6, 6.07) is 0. The largest absolute Gasteiger partial charge is 0.464 e. The number of ether oxygens (including phenoxy) is 3. The van der Waals surface area contributed by atoms with Crippen molar-refractivity contribution in [2.75, 3.05) is 26.4 Å². The second-order valence-electron chi connectivity index (χ2n) is 4.87. The summed E-state index contributed by atoms with van der Waals surface area (Å²) in [4.78, 5) is 34.0. The second kappa shape index (κ2) is 10.2. The molecule has 0 aromatic rings. The molecule has 0 saturated carbocycles. The minimum Gasteiger partial charge on any atom is -0.464 e. The molecule has 0 heterocycles. The van der Waals surface area contributed by atoms with Crippen LogP contribution in [0.25, 0.3) is 0 Å². The van der Waals surface area contributed by atoms with Crippen molar-refractivity contribution in [3.8, 4) is 0 Å². The number of alkyl halides is 2. The smallest absolute Gasteiger partial charge is 0.319 e. The first-order valence-corrected chi connectivity index (χ1v) is 8.36. The molecule has 0 aliphatic carbocycles. The molecule has 2 atom stereocenters. The van der Waals surface area contributed by atoms with Gasteiger partial charge in [-0.2, -0.15) is 0 Å². The molecule has 0 fully saturated rings. The third-order valence-electron chi connectivity index (χ3n) is 2.53. The minimum absolute atomic E-state index is 0.194. The number of hydrogen-bond donors (Lipinski definition) is 1. The van der Waals surface area contributed by atoms with E-state index in [4.69, 9.17) is 19.3 Å². The number of rotatable bonds is 9. The lowest BCUT2D eigenvalue weighted by Crippen LogP contribution is -2.41. The molecule has 22 heavy (non-hydrogen) atoms. The average molecular weight is 448 g/mol. The highest BCUT2D eigenvalue weighted by molar-refractivity contribution is 9.10. The molecular weight excluding hydrogens is 428 g/mol. The van der Waals surface area contributed by atoms with E-state index in [2.05, 4.69) is 31.9 Å². The Bertz CT molecular complexity index is 372. The van der Waals surface area contributed by atoms with Gasteiger partial charge < -0.3 is 19.3 Å². The number of halogens is 2. The van der Waals surface area contributed by atoms with Gasteiger partial charge in [0, 0.05) is 0 Å². The van der Waals surface area contributed by atoms with E-state index >= 15 is 0 Å². The van der Waals surface area contributed by atoms with Gasteiger partial charge in [0.1, 0.15) is 34.9 Å². The van der Waals surface area contributed by atoms with Gasteiger partial charge >= 0.3 is 17.9 Å². The maximum atomic E-state index is 12.0. The third-order valence-corrected chi connectivity index (χ3v) is 3.28. The zero-order valence-corrected chi connectivity index (χ0v) is 15.8. The lowest BCUT2D eigenvalue weighted by molar-refractivity contribution is -0.170. The molecule has 7 nitrogen and oxygen atoms in total. The van der Waals surface area contributed by atoms with Crippen LogP contribution in [0.15, 0.2) is 0 Å². The van der Waals surface area contributed by atoms with Gasteiger partial charge in [0.15, 0.2) is 0 Å². The molecule has 2 unspecified atom stereocenters. The summed E-state index contributed by atoms with van der Waals surface area (Å²) in [5, 5.41) is 8.70. The lowest BCUT2D eigenvalue weighted by Gasteiger charge is -2.26. The van der Waals surface area contributed by atoms with Crippen molar-refractivity contribution < 1.29 is 33.7 Å². The first-order chi connectivity index (χ1) is 10.1. The van der Waals surface area contributed by atoms with Crippen LogP contribution < -0.4 is 0 Å². The maximum absolute atomic E-state index is 12.0. The van der Waals surface area contributed by atoms with Crippen LogP contribution in [0.4, 0.5) is 0 Å². The molecule has 0 saturated heterocycles. The van der Waals surface area contributed by atoms with E-state index in [0.29, 0.717) is 0 Å². The Kier molecular flexibility index (Phi) is 9.86. The predicted octanol–water partition coefficient (Wildman–Crippen LogP) is 1.18. The van der Waals surface area contributed by atoms with Crippen LogP contribution in [0.2, 0.25) is 0 Å². The predicted molar refractivity (Wildman–Crippen MR) is 84.8 cm³/mol. The molecule has 0 aliphatic rings. The summed E-state index contributed by atoms with van der Waals surface area (Å²) in [7, 11) is 0.